The Morgan fingerprint density at radius 3 is 2.59 bits per heavy atom. The van der Waals surface area contributed by atoms with Crippen molar-refractivity contribution in [3.05, 3.63) is 76.0 Å². The van der Waals surface area contributed by atoms with Gasteiger partial charge in [-0.05, 0) is 54.6 Å². The number of fused-ring (bicyclic) bond motifs is 1. The molecule has 3 aromatic carbocycles. The molecule has 0 aliphatic carbocycles. The van der Waals surface area contributed by atoms with Gasteiger partial charge in [-0.15, -0.1) is 0 Å². The van der Waals surface area contributed by atoms with Crippen molar-refractivity contribution in [2.24, 2.45) is 4.99 Å². The van der Waals surface area contributed by atoms with Gasteiger partial charge in [-0.1, -0.05) is 23.2 Å². The van der Waals surface area contributed by atoms with Gasteiger partial charge in [0.1, 0.15) is 17.1 Å². The van der Waals surface area contributed by atoms with E-state index in [2.05, 4.69) is 9.98 Å². The summed E-state index contributed by atoms with van der Waals surface area (Å²) >= 11 is 11.9. The summed E-state index contributed by atoms with van der Waals surface area (Å²) in [6, 6.07) is 14.2. The molecule has 0 spiro atoms. The van der Waals surface area contributed by atoms with E-state index in [1.54, 1.807) is 36.4 Å². The highest BCUT2D eigenvalue weighted by Crippen LogP contribution is 2.31. The predicted octanol–water partition coefficient (Wildman–Crippen LogP) is 6.40. The quantitative estimate of drug-likeness (QED) is 0.404. The minimum absolute atomic E-state index is 0.0917. The van der Waals surface area contributed by atoms with Gasteiger partial charge in [0.2, 0.25) is 5.89 Å². The Kier molecular flexibility index (Phi) is 4.56. The van der Waals surface area contributed by atoms with E-state index in [-0.39, 0.29) is 16.6 Å². The molecule has 4 nitrogen and oxygen atoms in total. The molecule has 0 bridgehead atoms. The second-order valence-corrected chi connectivity index (χ2v) is 6.61. The molecule has 1 aromatic heterocycles. The fraction of sp³-hybridized carbons (Fsp3) is 0. The largest absolute Gasteiger partial charge is 0.506 e. The van der Waals surface area contributed by atoms with Crippen molar-refractivity contribution < 1.29 is 13.9 Å². The summed E-state index contributed by atoms with van der Waals surface area (Å²) in [6.07, 6.45) is 1.47. The summed E-state index contributed by atoms with van der Waals surface area (Å²) in [7, 11) is 0. The number of oxazole rings is 1. The summed E-state index contributed by atoms with van der Waals surface area (Å²) in [5, 5.41) is 10.5. The molecule has 0 saturated heterocycles. The molecule has 0 amide bonds. The van der Waals surface area contributed by atoms with Crippen molar-refractivity contribution >= 4 is 46.2 Å². The molecule has 1 heterocycles. The van der Waals surface area contributed by atoms with Crippen LogP contribution in [-0.2, 0) is 0 Å². The first-order chi connectivity index (χ1) is 13.0. The summed E-state index contributed by atoms with van der Waals surface area (Å²) in [4.78, 5) is 8.75. The lowest BCUT2D eigenvalue weighted by molar-refractivity contribution is 0.475. The molecule has 0 aliphatic rings. The van der Waals surface area contributed by atoms with E-state index in [1.807, 2.05) is 0 Å². The number of aromatic nitrogens is 1. The molecule has 7 heteroatoms. The van der Waals surface area contributed by atoms with Crippen LogP contribution in [0, 0.1) is 5.82 Å². The first kappa shape index (κ1) is 17.5. The lowest BCUT2D eigenvalue weighted by Gasteiger charge is -2.02. The number of aliphatic imine (C=N–C) groups is 1. The molecular formula is C20H11Cl2FN2O2. The topological polar surface area (TPSA) is 58.6 Å². The van der Waals surface area contributed by atoms with Gasteiger partial charge >= 0.3 is 0 Å². The maximum atomic E-state index is 13.1. The zero-order chi connectivity index (χ0) is 19.0. The fourth-order valence-electron chi connectivity index (χ4n) is 2.54. The van der Waals surface area contributed by atoms with E-state index < -0.39 is 0 Å². The van der Waals surface area contributed by atoms with Crippen LogP contribution in [0.5, 0.6) is 5.75 Å². The van der Waals surface area contributed by atoms with Gasteiger partial charge in [-0.3, -0.25) is 4.99 Å². The average molecular weight is 401 g/mol. The Hall–Kier alpha value is -2.89. The number of hydrogen-bond donors (Lipinski definition) is 1. The lowest BCUT2D eigenvalue weighted by atomic mass is 10.2. The van der Waals surface area contributed by atoms with Crippen molar-refractivity contribution in [3.63, 3.8) is 0 Å². The van der Waals surface area contributed by atoms with Crippen LogP contribution in [-0.4, -0.2) is 16.3 Å². The number of hydrogen-bond acceptors (Lipinski definition) is 4. The molecule has 4 rings (SSSR count). The van der Waals surface area contributed by atoms with E-state index in [0.29, 0.717) is 38.8 Å². The number of benzene rings is 3. The minimum Gasteiger partial charge on any atom is -0.506 e. The van der Waals surface area contributed by atoms with Crippen LogP contribution in [0.15, 0.2) is 64.0 Å². The molecule has 0 unspecified atom stereocenters. The van der Waals surface area contributed by atoms with E-state index >= 15 is 0 Å². The van der Waals surface area contributed by atoms with E-state index in [1.165, 1.54) is 24.4 Å². The molecular weight excluding hydrogens is 390 g/mol. The summed E-state index contributed by atoms with van der Waals surface area (Å²) in [6.45, 7) is 0. The summed E-state index contributed by atoms with van der Waals surface area (Å²) in [5.41, 5.74) is 2.88. The summed E-state index contributed by atoms with van der Waals surface area (Å²) < 4.78 is 18.8. The number of rotatable bonds is 3. The highest BCUT2D eigenvalue weighted by Gasteiger charge is 2.09. The molecule has 0 radical (unpaired) electrons. The van der Waals surface area contributed by atoms with E-state index in [0.717, 1.165) is 0 Å². The van der Waals surface area contributed by atoms with E-state index in [4.69, 9.17) is 27.6 Å². The van der Waals surface area contributed by atoms with Crippen molar-refractivity contribution in [1.29, 1.82) is 0 Å². The number of halogens is 3. The summed E-state index contributed by atoms with van der Waals surface area (Å²) in [5.74, 6) is -0.0211. The Morgan fingerprint density at radius 1 is 1.04 bits per heavy atom. The Labute approximate surface area is 163 Å². The molecule has 0 fully saturated rings. The second kappa shape index (κ2) is 7.02. The predicted molar refractivity (Wildman–Crippen MR) is 105 cm³/mol. The van der Waals surface area contributed by atoms with Gasteiger partial charge < -0.3 is 9.52 Å². The highest BCUT2D eigenvalue weighted by molar-refractivity contribution is 6.36. The number of nitrogens with zero attached hydrogens (tertiary/aromatic N) is 2. The maximum absolute atomic E-state index is 13.1. The van der Waals surface area contributed by atoms with Crippen LogP contribution in [0.3, 0.4) is 0 Å². The lowest BCUT2D eigenvalue weighted by Crippen LogP contribution is -1.84. The zero-order valence-corrected chi connectivity index (χ0v) is 15.2. The van der Waals surface area contributed by atoms with Gasteiger partial charge in [0.15, 0.2) is 5.58 Å². The third kappa shape index (κ3) is 3.65. The molecule has 27 heavy (non-hydrogen) atoms. The third-order valence-electron chi connectivity index (χ3n) is 3.87. The average Bonchev–Trinajstić information content (AvgIpc) is 3.07. The number of aromatic hydroxyl groups is 1. The maximum Gasteiger partial charge on any atom is 0.227 e. The first-order valence-corrected chi connectivity index (χ1v) is 8.64. The van der Waals surface area contributed by atoms with Gasteiger partial charge in [0.05, 0.1) is 10.7 Å². The smallest absolute Gasteiger partial charge is 0.227 e. The van der Waals surface area contributed by atoms with Crippen LogP contribution < -0.4 is 0 Å². The molecule has 0 atom stereocenters. The number of phenolic OH excluding ortho intramolecular Hbond substituents is 1. The molecule has 0 aliphatic heterocycles. The number of phenols is 1. The SMILES string of the molecule is Oc1c(Cl)cc(Cl)cc1C=Nc1ccc2oc(-c3ccc(F)cc3)nc2c1. The van der Waals surface area contributed by atoms with Crippen molar-refractivity contribution in [3.8, 4) is 17.2 Å². The molecule has 4 aromatic rings. The van der Waals surface area contributed by atoms with Crippen LogP contribution in [0.1, 0.15) is 5.56 Å². The van der Waals surface area contributed by atoms with Crippen molar-refractivity contribution in [2.75, 3.05) is 0 Å². The van der Waals surface area contributed by atoms with Crippen LogP contribution in [0.2, 0.25) is 10.0 Å². The van der Waals surface area contributed by atoms with Crippen LogP contribution in [0.25, 0.3) is 22.6 Å². The first-order valence-electron chi connectivity index (χ1n) is 7.88. The third-order valence-corrected chi connectivity index (χ3v) is 4.38. The van der Waals surface area contributed by atoms with Crippen molar-refractivity contribution in [1.82, 2.24) is 4.98 Å². The van der Waals surface area contributed by atoms with Gasteiger partial charge in [0, 0.05) is 22.4 Å². The minimum atomic E-state index is -0.323. The van der Waals surface area contributed by atoms with Crippen LogP contribution >= 0.6 is 23.2 Å². The normalized spacial score (nSPS) is 11.5. The van der Waals surface area contributed by atoms with Gasteiger partial charge in [-0.25, -0.2) is 9.37 Å². The van der Waals surface area contributed by atoms with Gasteiger partial charge in [0.25, 0.3) is 0 Å². The molecule has 1 N–H and O–H groups in total. The monoisotopic (exact) mass is 400 g/mol. The zero-order valence-electron chi connectivity index (χ0n) is 13.7. The standard InChI is InChI=1S/C20H11Cl2FN2O2/c21-13-7-12(19(26)16(22)8-13)10-24-15-5-6-18-17(9-15)25-20(27-18)11-1-3-14(23)4-2-11/h1-10,26H. The second-order valence-electron chi connectivity index (χ2n) is 5.76. The fourth-order valence-corrected chi connectivity index (χ4v) is 3.05. The molecule has 134 valence electrons. The Balaban J connectivity index is 1.67. The van der Waals surface area contributed by atoms with E-state index in [9.17, 15) is 9.50 Å². The Bertz CT molecular complexity index is 1170. The highest BCUT2D eigenvalue weighted by atomic mass is 35.5. The Morgan fingerprint density at radius 2 is 1.81 bits per heavy atom. The van der Waals surface area contributed by atoms with Crippen molar-refractivity contribution in [2.45, 2.75) is 0 Å². The van der Waals surface area contributed by atoms with Gasteiger partial charge in [-0.2, -0.15) is 0 Å². The van der Waals surface area contributed by atoms with Crippen LogP contribution in [0.4, 0.5) is 10.1 Å². The molecule has 0 saturated carbocycles.